The molecule has 0 saturated heterocycles. The molecule has 0 aromatic heterocycles. The van der Waals surface area contributed by atoms with Gasteiger partial charge in [-0.1, -0.05) is 36.5 Å². The highest BCUT2D eigenvalue weighted by Crippen LogP contribution is 2.34. The lowest BCUT2D eigenvalue weighted by molar-refractivity contribution is 0.252. The molecule has 0 spiro atoms. The van der Waals surface area contributed by atoms with Gasteiger partial charge in [0.25, 0.3) is 0 Å². The molecule has 94 valence electrons. The summed E-state index contributed by atoms with van der Waals surface area (Å²) in [7, 11) is 0. The lowest BCUT2D eigenvalue weighted by Crippen LogP contribution is -2.29. The molecule has 0 unspecified atom stereocenters. The van der Waals surface area contributed by atoms with E-state index in [4.69, 9.17) is 23.2 Å². The van der Waals surface area contributed by atoms with Gasteiger partial charge in [0, 0.05) is 12.2 Å². The maximum absolute atomic E-state index is 11.4. The zero-order chi connectivity index (χ0) is 12.8. The summed E-state index contributed by atoms with van der Waals surface area (Å²) in [5, 5.41) is 14.8. The normalized spacial score (nSPS) is 10.1. The number of hydrogen-bond donors (Lipinski definition) is 3. The Labute approximate surface area is 110 Å². The van der Waals surface area contributed by atoms with E-state index >= 15 is 0 Å². The minimum absolute atomic E-state index is 0.0985. The number of nitrogens with one attached hydrogen (secondary N) is 2. The van der Waals surface area contributed by atoms with E-state index in [1.165, 1.54) is 12.1 Å². The molecular formula is C11H14Cl2N2O2. The number of aromatic hydroxyl groups is 1. The minimum atomic E-state index is -0.323. The van der Waals surface area contributed by atoms with Gasteiger partial charge in [-0.25, -0.2) is 4.79 Å². The Kier molecular flexibility index (Phi) is 5.38. The third kappa shape index (κ3) is 4.32. The van der Waals surface area contributed by atoms with Gasteiger partial charge in [-0.05, 0) is 18.6 Å². The molecule has 0 aliphatic rings. The van der Waals surface area contributed by atoms with Gasteiger partial charge in [0.1, 0.15) is 0 Å². The largest absolute Gasteiger partial charge is 0.505 e. The number of carbonyl (C=O) groups is 1. The van der Waals surface area contributed by atoms with Gasteiger partial charge in [0.05, 0.1) is 10.0 Å². The lowest BCUT2D eigenvalue weighted by atomic mass is 10.3. The Balaban J connectivity index is 2.60. The maximum atomic E-state index is 11.4. The van der Waals surface area contributed by atoms with Crippen LogP contribution >= 0.6 is 23.2 Å². The Morgan fingerprint density at radius 1 is 1.35 bits per heavy atom. The molecule has 0 heterocycles. The number of hydrogen-bond acceptors (Lipinski definition) is 2. The van der Waals surface area contributed by atoms with Crippen molar-refractivity contribution >= 4 is 34.9 Å². The van der Waals surface area contributed by atoms with Crippen LogP contribution in [-0.2, 0) is 0 Å². The van der Waals surface area contributed by atoms with Crippen LogP contribution in [0.3, 0.4) is 0 Å². The molecule has 0 radical (unpaired) electrons. The first-order valence-electron chi connectivity index (χ1n) is 5.27. The van der Waals surface area contributed by atoms with Gasteiger partial charge in [0.15, 0.2) is 5.75 Å². The summed E-state index contributed by atoms with van der Waals surface area (Å²) < 4.78 is 0. The number of halogens is 2. The van der Waals surface area contributed by atoms with E-state index in [0.717, 1.165) is 12.8 Å². The van der Waals surface area contributed by atoms with Crippen LogP contribution < -0.4 is 10.6 Å². The second-order valence-electron chi connectivity index (χ2n) is 3.52. The number of anilines is 1. The average molecular weight is 277 g/mol. The van der Waals surface area contributed by atoms with Crippen molar-refractivity contribution in [3.8, 4) is 5.75 Å². The maximum Gasteiger partial charge on any atom is 0.319 e. The summed E-state index contributed by atoms with van der Waals surface area (Å²) in [6.07, 6.45) is 1.93. The fourth-order valence-electron chi connectivity index (χ4n) is 1.19. The molecule has 0 fully saturated rings. The van der Waals surface area contributed by atoms with E-state index in [0.29, 0.717) is 12.2 Å². The molecule has 3 N–H and O–H groups in total. The monoisotopic (exact) mass is 276 g/mol. The van der Waals surface area contributed by atoms with Crippen molar-refractivity contribution in [3.63, 3.8) is 0 Å². The first kappa shape index (κ1) is 13.9. The Morgan fingerprint density at radius 3 is 2.47 bits per heavy atom. The average Bonchev–Trinajstić information content (AvgIpc) is 2.26. The van der Waals surface area contributed by atoms with Crippen LogP contribution in [0.25, 0.3) is 0 Å². The van der Waals surface area contributed by atoms with Crippen LogP contribution in [0, 0.1) is 0 Å². The van der Waals surface area contributed by atoms with Crippen molar-refractivity contribution in [3.05, 3.63) is 22.2 Å². The van der Waals surface area contributed by atoms with Crippen molar-refractivity contribution in [1.29, 1.82) is 0 Å². The molecule has 0 atom stereocenters. The number of amides is 2. The quantitative estimate of drug-likeness (QED) is 0.581. The van der Waals surface area contributed by atoms with Gasteiger partial charge >= 0.3 is 6.03 Å². The molecule has 0 aliphatic carbocycles. The summed E-state index contributed by atoms with van der Waals surface area (Å²) in [6, 6.07) is 2.54. The summed E-state index contributed by atoms with van der Waals surface area (Å²) in [4.78, 5) is 11.4. The zero-order valence-corrected chi connectivity index (χ0v) is 10.9. The molecule has 6 heteroatoms. The highest BCUT2D eigenvalue weighted by atomic mass is 35.5. The molecule has 1 aromatic carbocycles. The van der Waals surface area contributed by atoms with Crippen molar-refractivity contribution < 1.29 is 9.90 Å². The first-order chi connectivity index (χ1) is 8.04. The summed E-state index contributed by atoms with van der Waals surface area (Å²) in [6.45, 7) is 2.65. The Bertz CT molecular complexity index is 387. The van der Waals surface area contributed by atoms with Gasteiger partial charge < -0.3 is 15.7 Å². The van der Waals surface area contributed by atoms with E-state index in [9.17, 15) is 9.90 Å². The second-order valence-corrected chi connectivity index (χ2v) is 4.34. The van der Waals surface area contributed by atoms with E-state index in [-0.39, 0.29) is 21.8 Å². The predicted molar refractivity (Wildman–Crippen MR) is 70.1 cm³/mol. The number of urea groups is 1. The number of carbonyl (C=O) groups excluding carboxylic acids is 1. The van der Waals surface area contributed by atoms with Gasteiger partial charge in [-0.3, -0.25) is 0 Å². The smallest absolute Gasteiger partial charge is 0.319 e. The minimum Gasteiger partial charge on any atom is -0.505 e. The van der Waals surface area contributed by atoms with E-state index in [1.807, 2.05) is 6.92 Å². The van der Waals surface area contributed by atoms with Gasteiger partial charge in [0.2, 0.25) is 0 Å². The van der Waals surface area contributed by atoms with Crippen LogP contribution in [0.2, 0.25) is 10.0 Å². The number of phenols is 1. The van der Waals surface area contributed by atoms with Crippen LogP contribution in [0.4, 0.5) is 10.5 Å². The summed E-state index contributed by atoms with van der Waals surface area (Å²) >= 11 is 11.4. The lowest BCUT2D eigenvalue weighted by Gasteiger charge is -2.08. The number of unbranched alkanes of at least 4 members (excludes halogenated alkanes) is 1. The van der Waals surface area contributed by atoms with Crippen molar-refractivity contribution in [2.45, 2.75) is 19.8 Å². The molecule has 0 saturated carbocycles. The van der Waals surface area contributed by atoms with Crippen LogP contribution in [0.5, 0.6) is 5.75 Å². The number of rotatable bonds is 4. The molecule has 0 bridgehead atoms. The SMILES string of the molecule is CCCCNC(=O)Nc1cc(Cl)c(O)c(Cl)c1. The Morgan fingerprint density at radius 2 is 1.94 bits per heavy atom. The fourth-order valence-corrected chi connectivity index (χ4v) is 1.68. The molecule has 4 nitrogen and oxygen atoms in total. The van der Waals surface area contributed by atoms with Crippen LogP contribution in [-0.4, -0.2) is 17.7 Å². The van der Waals surface area contributed by atoms with Crippen LogP contribution in [0.15, 0.2) is 12.1 Å². The Hall–Kier alpha value is -1.13. The second kappa shape index (κ2) is 6.57. The topological polar surface area (TPSA) is 61.4 Å². The molecule has 2 amide bonds. The van der Waals surface area contributed by atoms with Crippen molar-refractivity contribution in [2.75, 3.05) is 11.9 Å². The molecule has 1 rings (SSSR count). The number of benzene rings is 1. The predicted octanol–water partition coefficient (Wildman–Crippen LogP) is 3.62. The van der Waals surface area contributed by atoms with E-state index in [1.54, 1.807) is 0 Å². The van der Waals surface area contributed by atoms with Gasteiger partial charge in [-0.2, -0.15) is 0 Å². The summed E-state index contributed by atoms with van der Waals surface area (Å²) in [5.41, 5.74) is 0.437. The molecule has 1 aromatic rings. The zero-order valence-electron chi connectivity index (χ0n) is 9.39. The molecular weight excluding hydrogens is 263 g/mol. The molecule has 0 aliphatic heterocycles. The van der Waals surface area contributed by atoms with Crippen molar-refractivity contribution in [2.24, 2.45) is 0 Å². The van der Waals surface area contributed by atoms with Crippen molar-refractivity contribution in [1.82, 2.24) is 5.32 Å². The standard InChI is InChI=1S/C11H14Cl2N2O2/c1-2-3-4-14-11(17)15-7-5-8(12)10(16)9(13)6-7/h5-6,16H,2-4H2,1H3,(H2,14,15,17). The highest BCUT2D eigenvalue weighted by Gasteiger charge is 2.08. The third-order valence-electron chi connectivity index (χ3n) is 2.09. The van der Waals surface area contributed by atoms with Crippen LogP contribution in [0.1, 0.15) is 19.8 Å². The highest BCUT2D eigenvalue weighted by molar-refractivity contribution is 6.37. The first-order valence-corrected chi connectivity index (χ1v) is 6.03. The van der Waals surface area contributed by atoms with Gasteiger partial charge in [-0.15, -0.1) is 0 Å². The third-order valence-corrected chi connectivity index (χ3v) is 2.67. The van der Waals surface area contributed by atoms with E-state index in [2.05, 4.69) is 10.6 Å². The molecule has 17 heavy (non-hydrogen) atoms. The fraction of sp³-hybridized carbons (Fsp3) is 0.364. The number of phenolic OH excluding ortho intramolecular Hbond substituents is 1. The summed E-state index contributed by atoms with van der Waals surface area (Å²) in [5.74, 6) is -0.190. The van der Waals surface area contributed by atoms with E-state index < -0.39 is 0 Å².